The standard InChI is InChI=1S/C14H18N2O5/c1-2-3-9-4-8-6-16(14(19)15-13(8)20-9)12-5-10(18)11(7-17)21-12/h4,6,10-12,17-18H,2-3,5,7H2,1H3/t10-,11+,12+/m0/s1. The quantitative estimate of drug-likeness (QED) is 0.856. The van der Waals surface area contributed by atoms with Gasteiger partial charge in [-0.3, -0.25) is 4.57 Å². The molecule has 7 heteroatoms. The second kappa shape index (κ2) is 5.59. The van der Waals surface area contributed by atoms with E-state index in [1.165, 1.54) is 4.57 Å². The first-order chi connectivity index (χ1) is 10.1. The molecule has 0 aromatic carbocycles. The van der Waals surface area contributed by atoms with Crippen LogP contribution in [0.25, 0.3) is 11.1 Å². The van der Waals surface area contributed by atoms with Gasteiger partial charge in [-0.1, -0.05) is 6.92 Å². The molecule has 0 amide bonds. The fraction of sp³-hybridized carbons (Fsp3) is 0.571. The third kappa shape index (κ3) is 2.59. The molecule has 0 unspecified atom stereocenters. The second-order valence-electron chi connectivity index (χ2n) is 5.27. The number of ether oxygens (including phenoxy) is 1. The molecule has 1 saturated heterocycles. The molecule has 0 radical (unpaired) electrons. The highest BCUT2D eigenvalue weighted by atomic mass is 16.5. The fourth-order valence-electron chi connectivity index (χ4n) is 2.60. The topological polar surface area (TPSA) is 97.7 Å². The molecule has 0 spiro atoms. The predicted molar refractivity (Wildman–Crippen MR) is 73.9 cm³/mol. The number of aromatic nitrogens is 2. The van der Waals surface area contributed by atoms with Crippen molar-refractivity contribution in [3.05, 3.63) is 28.5 Å². The lowest BCUT2D eigenvalue weighted by Crippen LogP contribution is -2.27. The predicted octanol–water partition coefficient (Wildman–Crippen LogP) is 0.583. The Morgan fingerprint density at radius 1 is 1.52 bits per heavy atom. The molecule has 2 N–H and O–H groups in total. The summed E-state index contributed by atoms with van der Waals surface area (Å²) in [6.07, 6.45) is 1.53. The number of fused-ring (bicyclic) bond motifs is 1. The first-order valence-electron chi connectivity index (χ1n) is 7.08. The summed E-state index contributed by atoms with van der Waals surface area (Å²) >= 11 is 0. The second-order valence-corrected chi connectivity index (χ2v) is 5.27. The molecule has 1 aliphatic rings. The zero-order chi connectivity index (χ0) is 15.0. The fourth-order valence-corrected chi connectivity index (χ4v) is 2.60. The number of nitrogens with zero attached hydrogens (tertiary/aromatic N) is 2. The summed E-state index contributed by atoms with van der Waals surface area (Å²) in [6, 6.07) is 1.86. The Bertz CT molecular complexity index is 692. The minimum atomic E-state index is -0.789. The molecule has 3 heterocycles. The van der Waals surface area contributed by atoms with Gasteiger partial charge in [0, 0.05) is 19.0 Å². The third-order valence-electron chi connectivity index (χ3n) is 3.68. The van der Waals surface area contributed by atoms with Gasteiger partial charge >= 0.3 is 5.69 Å². The lowest BCUT2D eigenvalue weighted by Gasteiger charge is -2.13. The maximum Gasteiger partial charge on any atom is 0.353 e. The monoisotopic (exact) mass is 294 g/mol. The van der Waals surface area contributed by atoms with E-state index in [2.05, 4.69) is 4.98 Å². The molecule has 7 nitrogen and oxygen atoms in total. The summed E-state index contributed by atoms with van der Waals surface area (Å²) < 4.78 is 12.3. The maximum atomic E-state index is 12.1. The van der Waals surface area contributed by atoms with Gasteiger partial charge < -0.3 is 19.4 Å². The molecule has 0 aliphatic carbocycles. The highest BCUT2D eigenvalue weighted by molar-refractivity contribution is 5.72. The molecular weight excluding hydrogens is 276 g/mol. The van der Waals surface area contributed by atoms with E-state index in [-0.39, 0.29) is 13.0 Å². The SMILES string of the molecule is CCCc1cc2cn([C@H]3C[C@H](O)[C@@H](CO)O3)c(=O)nc2o1. The Kier molecular flexibility index (Phi) is 3.79. The molecule has 1 fully saturated rings. The van der Waals surface area contributed by atoms with E-state index in [1.54, 1.807) is 6.20 Å². The Balaban J connectivity index is 1.95. The van der Waals surface area contributed by atoms with Crippen LogP contribution < -0.4 is 5.69 Å². The molecule has 3 atom stereocenters. The van der Waals surface area contributed by atoms with Crippen molar-refractivity contribution in [1.82, 2.24) is 9.55 Å². The molecule has 21 heavy (non-hydrogen) atoms. The number of aryl methyl sites for hydroxylation is 1. The molecule has 0 bridgehead atoms. The average molecular weight is 294 g/mol. The van der Waals surface area contributed by atoms with Gasteiger partial charge in [0.2, 0.25) is 5.71 Å². The molecule has 0 saturated carbocycles. The minimum absolute atomic E-state index is 0.248. The van der Waals surface area contributed by atoms with Gasteiger partial charge in [0.05, 0.1) is 18.1 Å². The summed E-state index contributed by atoms with van der Waals surface area (Å²) in [6.45, 7) is 1.76. The number of rotatable bonds is 4. The van der Waals surface area contributed by atoms with Crippen LogP contribution in [-0.2, 0) is 11.2 Å². The van der Waals surface area contributed by atoms with Crippen LogP contribution in [0.15, 0.2) is 21.5 Å². The van der Waals surface area contributed by atoms with Crippen molar-refractivity contribution in [1.29, 1.82) is 0 Å². The van der Waals surface area contributed by atoms with Crippen molar-refractivity contribution < 1.29 is 19.4 Å². The molecule has 1 aliphatic heterocycles. The molecular formula is C14H18N2O5. The highest BCUT2D eigenvalue weighted by Crippen LogP contribution is 2.28. The van der Waals surface area contributed by atoms with Crippen LogP contribution >= 0.6 is 0 Å². The van der Waals surface area contributed by atoms with Gasteiger partial charge in [0.1, 0.15) is 18.1 Å². The van der Waals surface area contributed by atoms with Crippen molar-refractivity contribution in [2.75, 3.05) is 6.61 Å². The summed E-state index contributed by atoms with van der Waals surface area (Å²) in [5.74, 6) is 0.790. The van der Waals surface area contributed by atoms with Gasteiger partial charge in [0.25, 0.3) is 0 Å². The number of aliphatic hydroxyl groups excluding tert-OH is 2. The van der Waals surface area contributed by atoms with Crippen LogP contribution in [0.3, 0.4) is 0 Å². The lowest BCUT2D eigenvalue weighted by molar-refractivity contribution is -0.0457. The van der Waals surface area contributed by atoms with Gasteiger partial charge in [-0.05, 0) is 12.5 Å². The van der Waals surface area contributed by atoms with Crippen LogP contribution in [0, 0.1) is 0 Å². The van der Waals surface area contributed by atoms with Crippen LogP contribution in [0.1, 0.15) is 31.8 Å². The normalized spacial score (nSPS) is 25.8. The molecule has 3 rings (SSSR count). The summed E-state index contributed by atoms with van der Waals surface area (Å²) in [7, 11) is 0. The van der Waals surface area contributed by atoms with Crippen LogP contribution in [0.4, 0.5) is 0 Å². The maximum absolute atomic E-state index is 12.1. The Hall–Kier alpha value is -1.70. The Morgan fingerprint density at radius 2 is 2.33 bits per heavy atom. The lowest BCUT2D eigenvalue weighted by atomic mass is 10.2. The Labute approximate surface area is 120 Å². The van der Waals surface area contributed by atoms with Gasteiger partial charge in [-0.25, -0.2) is 4.79 Å². The zero-order valence-corrected chi connectivity index (χ0v) is 11.7. The van der Waals surface area contributed by atoms with Crippen molar-refractivity contribution in [2.45, 2.75) is 44.6 Å². The largest absolute Gasteiger partial charge is 0.443 e. The summed E-state index contributed by atoms with van der Waals surface area (Å²) in [4.78, 5) is 16.0. The molecule has 114 valence electrons. The number of hydrogen-bond donors (Lipinski definition) is 2. The van der Waals surface area contributed by atoms with E-state index in [9.17, 15) is 9.90 Å². The Morgan fingerprint density at radius 3 is 3.00 bits per heavy atom. The third-order valence-corrected chi connectivity index (χ3v) is 3.68. The van der Waals surface area contributed by atoms with Gasteiger partial charge in [-0.15, -0.1) is 0 Å². The van der Waals surface area contributed by atoms with Crippen LogP contribution in [0.2, 0.25) is 0 Å². The van der Waals surface area contributed by atoms with E-state index in [4.69, 9.17) is 14.3 Å². The van der Waals surface area contributed by atoms with Crippen molar-refractivity contribution in [3.8, 4) is 0 Å². The van der Waals surface area contributed by atoms with Gasteiger partial charge in [-0.2, -0.15) is 4.98 Å². The smallest absolute Gasteiger partial charge is 0.353 e. The van der Waals surface area contributed by atoms with E-state index >= 15 is 0 Å². The first kappa shape index (κ1) is 14.2. The zero-order valence-electron chi connectivity index (χ0n) is 11.7. The van der Waals surface area contributed by atoms with E-state index < -0.39 is 24.1 Å². The molecule has 2 aromatic rings. The summed E-state index contributed by atoms with van der Waals surface area (Å²) in [5, 5.41) is 19.6. The number of furan rings is 1. The van der Waals surface area contributed by atoms with E-state index in [0.717, 1.165) is 24.0 Å². The van der Waals surface area contributed by atoms with E-state index in [1.807, 2.05) is 13.0 Å². The van der Waals surface area contributed by atoms with Crippen molar-refractivity contribution >= 4 is 11.1 Å². The highest BCUT2D eigenvalue weighted by Gasteiger charge is 2.35. The summed E-state index contributed by atoms with van der Waals surface area (Å²) in [5.41, 5.74) is -0.173. The first-order valence-corrected chi connectivity index (χ1v) is 7.08. The van der Waals surface area contributed by atoms with Crippen LogP contribution in [0.5, 0.6) is 0 Å². The van der Waals surface area contributed by atoms with Crippen LogP contribution in [-0.4, -0.2) is 38.6 Å². The van der Waals surface area contributed by atoms with E-state index in [0.29, 0.717) is 5.71 Å². The number of hydrogen-bond acceptors (Lipinski definition) is 6. The van der Waals surface area contributed by atoms with Crippen molar-refractivity contribution in [3.63, 3.8) is 0 Å². The van der Waals surface area contributed by atoms with Crippen molar-refractivity contribution in [2.24, 2.45) is 0 Å². The minimum Gasteiger partial charge on any atom is -0.443 e. The molecule has 2 aromatic heterocycles. The average Bonchev–Trinajstić information content (AvgIpc) is 3.00. The van der Waals surface area contributed by atoms with Gasteiger partial charge in [0.15, 0.2) is 0 Å². The number of aliphatic hydroxyl groups is 2.